The third-order valence-corrected chi connectivity index (χ3v) is 5.04. The van der Waals surface area contributed by atoms with Crippen LogP contribution in [0.1, 0.15) is 44.0 Å². The summed E-state index contributed by atoms with van der Waals surface area (Å²) in [5.41, 5.74) is -0.0755. The summed E-state index contributed by atoms with van der Waals surface area (Å²) in [4.78, 5) is 37.4. The van der Waals surface area contributed by atoms with Crippen LogP contribution in [0.5, 0.6) is 0 Å². The highest BCUT2D eigenvalue weighted by molar-refractivity contribution is 6.34. The molecule has 2 amide bonds. The number of benzene rings is 1. The number of nitrogens with one attached hydrogen (secondary N) is 1. The van der Waals surface area contributed by atoms with Crippen LogP contribution in [0.3, 0.4) is 0 Å². The summed E-state index contributed by atoms with van der Waals surface area (Å²) in [7, 11) is 0. The summed E-state index contributed by atoms with van der Waals surface area (Å²) >= 11 is 6.02. The minimum atomic E-state index is -0.665. The Hall–Kier alpha value is -2.15. The zero-order valence-corrected chi connectivity index (χ0v) is 16.0. The third-order valence-electron chi connectivity index (χ3n) is 4.72. The van der Waals surface area contributed by atoms with Crippen molar-refractivity contribution in [2.24, 2.45) is 11.8 Å². The summed E-state index contributed by atoms with van der Waals surface area (Å²) < 4.78 is 0. The molecule has 8 heteroatoms. The van der Waals surface area contributed by atoms with E-state index in [9.17, 15) is 19.7 Å². The lowest BCUT2D eigenvalue weighted by atomic mass is 9.96. The second-order valence-corrected chi connectivity index (χ2v) is 7.53. The molecule has 1 fully saturated rings. The molecule has 1 atom stereocenters. The first-order chi connectivity index (χ1) is 12.2. The predicted octanol–water partition coefficient (Wildman–Crippen LogP) is 3.26. The fraction of sp³-hybridized carbons (Fsp3) is 0.556. The monoisotopic (exact) mass is 381 g/mol. The van der Waals surface area contributed by atoms with E-state index in [0.29, 0.717) is 19.0 Å². The molecule has 0 radical (unpaired) electrons. The standard InChI is InChI=1S/C18H24ClN3O4/c1-11(2)16(18(24)21-8-6-12(3)7-9-21)20-17(23)14-5-4-13(22(25)26)10-15(14)19/h4-5,10-12,16H,6-9H2,1-3H3,(H,20,23). The van der Waals surface area contributed by atoms with Crippen molar-refractivity contribution in [3.63, 3.8) is 0 Å². The van der Waals surface area contributed by atoms with Gasteiger partial charge >= 0.3 is 0 Å². The lowest BCUT2D eigenvalue weighted by molar-refractivity contribution is -0.384. The van der Waals surface area contributed by atoms with E-state index in [1.165, 1.54) is 12.1 Å². The van der Waals surface area contributed by atoms with Crippen LogP contribution in [0.25, 0.3) is 0 Å². The lowest BCUT2D eigenvalue weighted by Gasteiger charge is -2.34. The first-order valence-electron chi connectivity index (χ1n) is 8.74. The van der Waals surface area contributed by atoms with Crippen molar-refractivity contribution in [3.05, 3.63) is 38.9 Å². The molecule has 1 saturated heterocycles. The van der Waals surface area contributed by atoms with Gasteiger partial charge in [-0.05, 0) is 30.7 Å². The Bertz CT molecular complexity index is 700. The van der Waals surface area contributed by atoms with E-state index in [-0.39, 0.29) is 28.1 Å². The third kappa shape index (κ3) is 4.72. The Labute approximate surface area is 157 Å². The van der Waals surface area contributed by atoms with Crippen LogP contribution in [0.15, 0.2) is 18.2 Å². The smallest absolute Gasteiger partial charge is 0.270 e. The molecular weight excluding hydrogens is 358 g/mol. The van der Waals surface area contributed by atoms with Crippen molar-refractivity contribution >= 4 is 29.1 Å². The zero-order valence-electron chi connectivity index (χ0n) is 15.2. The van der Waals surface area contributed by atoms with Crippen LogP contribution in [0.4, 0.5) is 5.69 Å². The number of nitro groups is 1. The first-order valence-corrected chi connectivity index (χ1v) is 9.12. The number of carbonyl (C=O) groups is 2. The highest BCUT2D eigenvalue weighted by atomic mass is 35.5. The number of hydrogen-bond donors (Lipinski definition) is 1. The maximum absolute atomic E-state index is 12.8. The number of piperidine rings is 1. The largest absolute Gasteiger partial charge is 0.341 e. The molecule has 0 aliphatic carbocycles. The lowest BCUT2D eigenvalue weighted by Crippen LogP contribution is -2.52. The van der Waals surface area contributed by atoms with E-state index in [4.69, 9.17) is 11.6 Å². The maximum Gasteiger partial charge on any atom is 0.270 e. The molecular formula is C18H24ClN3O4. The van der Waals surface area contributed by atoms with Gasteiger partial charge in [0.05, 0.1) is 15.5 Å². The number of nitrogens with zero attached hydrogens (tertiary/aromatic N) is 2. The Morgan fingerprint density at radius 1 is 1.31 bits per heavy atom. The summed E-state index contributed by atoms with van der Waals surface area (Å²) in [6.07, 6.45) is 1.91. The predicted molar refractivity (Wildman–Crippen MR) is 99.2 cm³/mol. The van der Waals surface area contributed by atoms with Crippen molar-refractivity contribution in [1.82, 2.24) is 10.2 Å². The van der Waals surface area contributed by atoms with Crippen LogP contribution >= 0.6 is 11.6 Å². The summed E-state index contributed by atoms with van der Waals surface area (Å²) in [6, 6.07) is 3.00. The number of rotatable bonds is 5. The molecule has 26 heavy (non-hydrogen) atoms. The molecule has 2 rings (SSSR count). The van der Waals surface area contributed by atoms with Crippen molar-refractivity contribution in [3.8, 4) is 0 Å². The maximum atomic E-state index is 12.8. The summed E-state index contributed by atoms with van der Waals surface area (Å²) in [5, 5.41) is 13.5. The SMILES string of the molecule is CC1CCN(C(=O)C(NC(=O)c2ccc([N+](=O)[O-])cc2Cl)C(C)C)CC1. The van der Waals surface area contributed by atoms with E-state index >= 15 is 0 Å². The Kier molecular flexibility index (Phi) is 6.58. The Morgan fingerprint density at radius 2 is 1.92 bits per heavy atom. The molecule has 1 N–H and O–H groups in total. The van der Waals surface area contributed by atoms with E-state index in [1.54, 1.807) is 4.90 Å². The fourth-order valence-corrected chi connectivity index (χ4v) is 3.22. The topological polar surface area (TPSA) is 92.6 Å². The summed E-state index contributed by atoms with van der Waals surface area (Å²) in [6.45, 7) is 7.29. The van der Waals surface area contributed by atoms with Gasteiger partial charge in [0.1, 0.15) is 6.04 Å². The quantitative estimate of drug-likeness (QED) is 0.625. The number of amides is 2. The van der Waals surface area contributed by atoms with Crippen molar-refractivity contribution in [1.29, 1.82) is 0 Å². The van der Waals surface area contributed by atoms with Gasteiger partial charge in [0.25, 0.3) is 11.6 Å². The Morgan fingerprint density at radius 3 is 2.42 bits per heavy atom. The van der Waals surface area contributed by atoms with Crippen LogP contribution in [0, 0.1) is 22.0 Å². The second-order valence-electron chi connectivity index (χ2n) is 7.12. The number of non-ortho nitro benzene ring substituents is 1. The van der Waals surface area contributed by atoms with Gasteiger partial charge in [-0.1, -0.05) is 32.4 Å². The molecule has 142 valence electrons. The van der Waals surface area contributed by atoms with Gasteiger partial charge in [-0.15, -0.1) is 0 Å². The molecule has 1 heterocycles. The highest BCUT2D eigenvalue weighted by Crippen LogP contribution is 2.23. The van der Waals surface area contributed by atoms with E-state index in [0.717, 1.165) is 18.9 Å². The average Bonchev–Trinajstić information content (AvgIpc) is 2.59. The number of halogens is 1. The average molecular weight is 382 g/mol. The molecule has 1 aromatic carbocycles. The normalized spacial score (nSPS) is 16.4. The first kappa shape index (κ1) is 20.2. The molecule has 1 aliphatic rings. The molecule has 7 nitrogen and oxygen atoms in total. The van der Waals surface area contributed by atoms with Crippen LogP contribution in [-0.4, -0.2) is 40.8 Å². The minimum absolute atomic E-state index is 0.0153. The number of hydrogen-bond acceptors (Lipinski definition) is 4. The van der Waals surface area contributed by atoms with Gasteiger partial charge in [-0.3, -0.25) is 19.7 Å². The van der Waals surface area contributed by atoms with Crippen molar-refractivity contribution in [2.75, 3.05) is 13.1 Å². The van der Waals surface area contributed by atoms with Crippen molar-refractivity contribution in [2.45, 2.75) is 39.7 Å². The van der Waals surface area contributed by atoms with E-state index in [1.807, 2.05) is 13.8 Å². The van der Waals surface area contributed by atoms with Gasteiger partial charge in [0.15, 0.2) is 0 Å². The second kappa shape index (κ2) is 8.49. The van der Waals surface area contributed by atoms with Gasteiger partial charge in [0.2, 0.25) is 5.91 Å². The fourth-order valence-electron chi connectivity index (χ4n) is 2.96. The van der Waals surface area contributed by atoms with Gasteiger partial charge in [-0.25, -0.2) is 0 Å². The van der Waals surface area contributed by atoms with Crippen LogP contribution < -0.4 is 5.32 Å². The Balaban J connectivity index is 2.13. The van der Waals surface area contributed by atoms with Crippen molar-refractivity contribution < 1.29 is 14.5 Å². The van der Waals surface area contributed by atoms with Gasteiger partial charge in [-0.2, -0.15) is 0 Å². The van der Waals surface area contributed by atoms with Gasteiger partial charge < -0.3 is 10.2 Å². The van der Waals surface area contributed by atoms with Crippen LogP contribution in [-0.2, 0) is 4.79 Å². The number of carbonyl (C=O) groups excluding carboxylic acids is 2. The number of likely N-dealkylation sites (tertiary alicyclic amines) is 1. The van der Waals surface area contributed by atoms with E-state index in [2.05, 4.69) is 12.2 Å². The molecule has 1 aromatic rings. The highest BCUT2D eigenvalue weighted by Gasteiger charge is 2.31. The van der Waals surface area contributed by atoms with Gasteiger partial charge in [0, 0.05) is 25.2 Å². The van der Waals surface area contributed by atoms with Crippen LogP contribution in [0.2, 0.25) is 5.02 Å². The molecule has 1 aliphatic heterocycles. The number of nitro benzene ring substituents is 1. The molecule has 0 spiro atoms. The summed E-state index contributed by atoms with van der Waals surface area (Å²) in [5.74, 6) is -0.103. The van der Waals surface area contributed by atoms with E-state index < -0.39 is 16.9 Å². The molecule has 0 bridgehead atoms. The minimum Gasteiger partial charge on any atom is -0.341 e. The molecule has 1 unspecified atom stereocenters. The zero-order chi connectivity index (χ0) is 19.4. The molecule has 0 aromatic heterocycles. The molecule has 0 saturated carbocycles.